The molecule has 8 nitrogen and oxygen atoms in total. The van der Waals surface area contributed by atoms with Crippen molar-refractivity contribution in [3.05, 3.63) is 30.0 Å². The lowest BCUT2D eigenvalue weighted by Gasteiger charge is -2.24. The molecule has 1 aromatic heterocycles. The summed E-state index contributed by atoms with van der Waals surface area (Å²) in [7, 11) is 0. The van der Waals surface area contributed by atoms with E-state index in [4.69, 9.17) is 4.52 Å². The Bertz CT molecular complexity index is 907. The fourth-order valence-corrected chi connectivity index (χ4v) is 4.11. The van der Waals surface area contributed by atoms with E-state index in [1.54, 1.807) is 29.2 Å². The lowest BCUT2D eigenvalue weighted by Crippen LogP contribution is -2.42. The number of amides is 2. The Kier molecular flexibility index (Phi) is 3.71. The van der Waals surface area contributed by atoms with E-state index in [0.29, 0.717) is 17.4 Å². The van der Waals surface area contributed by atoms with Gasteiger partial charge in [0.05, 0.1) is 11.3 Å². The highest BCUT2D eigenvalue weighted by atomic mass is 16.5. The predicted molar refractivity (Wildman–Crippen MR) is 90.3 cm³/mol. The van der Waals surface area contributed by atoms with Gasteiger partial charge in [-0.05, 0) is 18.6 Å². The molecule has 2 aliphatic heterocycles. The van der Waals surface area contributed by atoms with Crippen molar-refractivity contribution in [3.63, 3.8) is 0 Å². The number of carboxylic acid groups (broad SMARTS) is 1. The molecule has 1 N–H and O–H groups in total. The van der Waals surface area contributed by atoms with E-state index in [1.165, 1.54) is 4.90 Å². The van der Waals surface area contributed by atoms with E-state index < -0.39 is 23.2 Å². The zero-order valence-corrected chi connectivity index (χ0v) is 14.3. The van der Waals surface area contributed by atoms with E-state index in [0.717, 1.165) is 6.42 Å². The van der Waals surface area contributed by atoms with Crippen molar-refractivity contribution >= 4 is 28.7 Å². The van der Waals surface area contributed by atoms with Crippen molar-refractivity contribution in [3.8, 4) is 0 Å². The molecular weight excluding hydrogens is 338 g/mol. The summed E-state index contributed by atoms with van der Waals surface area (Å²) in [6, 6.07) is 7.04. The highest BCUT2D eigenvalue weighted by Crippen LogP contribution is 2.44. The minimum atomic E-state index is -1.25. The van der Waals surface area contributed by atoms with Gasteiger partial charge in [0.2, 0.25) is 11.7 Å². The van der Waals surface area contributed by atoms with Gasteiger partial charge < -0.3 is 19.4 Å². The fraction of sp³-hybridized carbons (Fsp3) is 0.444. The van der Waals surface area contributed by atoms with Gasteiger partial charge in [0, 0.05) is 26.2 Å². The molecule has 0 bridgehead atoms. The molecule has 2 amide bonds. The predicted octanol–water partition coefficient (Wildman–Crippen LogP) is 1.22. The second-order valence-corrected chi connectivity index (χ2v) is 6.99. The summed E-state index contributed by atoms with van der Waals surface area (Å²) in [5.41, 5.74) is -0.689. The van der Waals surface area contributed by atoms with Crippen molar-refractivity contribution in [1.82, 2.24) is 15.0 Å². The molecule has 0 unspecified atom stereocenters. The molecule has 2 saturated heterocycles. The van der Waals surface area contributed by atoms with Crippen molar-refractivity contribution in [1.29, 1.82) is 0 Å². The molecule has 2 fully saturated rings. The Morgan fingerprint density at radius 1 is 1.35 bits per heavy atom. The first-order valence-corrected chi connectivity index (χ1v) is 8.64. The molecule has 136 valence electrons. The number of rotatable bonds is 4. The molecule has 1 aromatic carbocycles. The highest BCUT2D eigenvalue weighted by molar-refractivity contribution is 6.04. The van der Waals surface area contributed by atoms with Crippen LogP contribution in [0.4, 0.5) is 0 Å². The van der Waals surface area contributed by atoms with Crippen molar-refractivity contribution in [2.24, 2.45) is 11.3 Å². The summed E-state index contributed by atoms with van der Waals surface area (Å²) in [5.74, 6) is -2.29. The minimum Gasteiger partial charge on any atom is -0.481 e. The summed E-state index contributed by atoms with van der Waals surface area (Å²) in [5, 5.41) is 14.3. The van der Waals surface area contributed by atoms with Gasteiger partial charge in [0.25, 0.3) is 5.91 Å². The number of nitrogens with zero attached hydrogens (tertiary/aromatic N) is 3. The molecule has 2 aromatic rings. The Labute approximate surface area is 149 Å². The minimum absolute atomic E-state index is 0.00713. The fourth-order valence-electron chi connectivity index (χ4n) is 4.11. The Morgan fingerprint density at radius 3 is 2.81 bits per heavy atom. The van der Waals surface area contributed by atoms with Crippen LogP contribution < -0.4 is 0 Å². The topological polar surface area (TPSA) is 104 Å². The summed E-state index contributed by atoms with van der Waals surface area (Å²) in [6.45, 7) is 2.69. The maximum atomic E-state index is 12.9. The van der Waals surface area contributed by atoms with Crippen molar-refractivity contribution in [2.45, 2.75) is 13.3 Å². The number of carbonyl (C=O) groups is 3. The summed E-state index contributed by atoms with van der Waals surface area (Å²) < 4.78 is 5.21. The second kappa shape index (κ2) is 5.82. The number of hydrogen-bond donors (Lipinski definition) is 1. The van der Waals surface area contributed by atoms with E-state index in [9.17, 15) is 19.5 Å². The van der Waals surface area contributed by atoms with Gasteiger partial charge >= 0.3 is 5.97 Å². The van der Waals surface area contributed by atoms with Crippen molar-refractivity contribution in [2.75, 3.05) is 26.2 Å². The average Bonchev–Trinajstić information content (AvgIpc) is 3.28. The molecule has 26 heavy (non-hydrogen) atoms. The second-order valence-electron chi connectivity index (χ2n) is 6.99. The molecule has 0 spiro atoms. The number of likely N-dealkylation sites (tertiary alicyclic amines) is 2. The van der Waals surface area contributed by atoms with Crippen LogP contribution in [-0.4, -0.2) is 64.0 Å². The number of carbonyl (C=O) groups excluding carboxylic acids is 2. The number of aliphatic carboxylic acids is 1. The molecule has 8 heteroatoms. The van der Waals surface area contributed by atoms with Crippen LogP contribution in [0, 0.1) is 11.3 Å². The molecule has 2 atom stereocenters. The molecule has 0 radical (unpaired) electrons. The maximum Gasteiger partial charge on any atom is 0.314 e. The van der Waals surface area contributed by atoms with Crippen LogP contribution in [0.2, 0.25) is 0 Å². The van der Waals surface area contributed by atoms with Gasteiger partial charge in [0.15, 0.2) is 0 Å². The number of hydrogen-bond acceptors (Lipinski definition) is 5. The monoisotopic (exact) mass is 357 g/mol. The van der Waals surface area contributed by atoms with Crippen LogP contribution in [0.1, 0.15) is 23.9 Å². The van der Waals surface area contributed by atoms with E-state index in [2.05, 4.69) is 5.16 Å². The standard InChI is InChI=1S/C18H19N3O5/c1-2-7-20-9-18(17(24)25)10-21(8-12(18)15(20)22)16(23)14-11-5-3-4-6-13(11)19-26-14/h3-6,12H,2,7-10H2,1H3,(H,24,25)/t12-,18+/m0/s1. The number of benzene rings is 1. The Balaban J connectivity index is 1.64. The average molecular weight is 357 g/mol. The van der Waals surface area contributed by atoms with Gasteiger partial charge in [-0.2, -0.15) is 0 Å². The van der Waals surface area contributed by atoms with Gasteiger partial charge in [-0.1, -0.05) is 24.2 Å². The van der Waals surface area contributed by atoms with Gasteiger partial charge in [0.1, 0.15) is 10.9 Å². The van der Waals surface area contributed by atoms with Crippen LogP contribution in [0.5, 0.6) is 0 Å². The third-order valence-corrected chi connectivity index (χ3v) is 5.41. The number of aromatic nitrogens is 1. The third kappa shape index (κ3) is 2.21. The summed E-state index contributed by atoms with van der Waals surface area (Å²) in [4.78, 5) is 40.6. The number of carboxylic acids is 1. The maximum absolute atomic E-state index is 12.9. The largest absolute Gasteiger partial charge is 0.481 e. The first-order chi connectivity index (χ1) is 12.5. The molecule has 2 aliphatic rings. The highest BCUT2D eigenvalue weighted by Gasteiger charge is 2.62. The molecule has 0 saturated carbocycles. The van der Waals surface area contributed by atoms with Crippen LogP contribution in [-0.2, 0) is 9.59 Å². The summed E-state index contributed by atoms with van der Waals surface area (Å²) >= 11 is 0. The van der Waals surface area contributed by atoms with Crippen LogP contribution in [0.15, 0.2) is 28.8 Å². The third-order valence-electron chi connectivity index (χ3n) is 5.41. The lowest BCUT2D eigenvalue weighted by molar-refractivity contribution is -0.149. The Morgan fingerprint density at radius 2 is 2.12 bits per heavy atom. The molecule has 4 rings (SSSR count). The van der Waals surface area contributed by atoms with Crippen LogP contribution >= 0.6 is 0 Å². The quantitative estimate of drug-likeness (QED) is 0.882. The van der Waals surface area contributed by atoms with E-state index >= 15 is 0 Å². The van der Waals surface area contributed by atoms with Crippen LogP contribution in [0.3, 0.4) is 0 Å². The zero-order chi connectivity index (χ0) is 18.5. The molecule has 0 aliphatic carbocycles. The lowest BCUT2D eigenvalue weighted by atomic mass is 9.81. The SMILES string of the molecule is CCCN1C[C@@]2(C(=O)O)CN(C(=O)c3onc4ccccc34)C[C@H]2C1=O. The van der Waals surface area contributed by atoms with Crippen LogP contribution in [0.25, 0.3) is 10.9 Å². The van der Waals surface area contributed by atoms with Gasteiger partial charge in [-0.15, -0.1) is 0 Å². The molecule has 3 heterocycles. The van der Waals surface area contributed by atoms with Gasteiger partial charge in [-0.25, -0.2) is 0 Å². The first-order valence-electron chi connectivity index (χ1n) is 8.64. The summed E-state index contributed by atoms with van der Waals surface area (Å²) in [6.07, 6.45) is 0.765. The van der Waals surface area contributed by atoms with Crippen molar-refractivity contribution < 1.29 is 24.0 Å². The van der Waals surface area contributed by atoms with Gasteiger partial charge in [-0.3, -0.25) is 14.4 Å². The van der Waals surface area contributed by atoms with E-state index in [-0.39, 0.29) is 31.3 Å². The molecular formula is C18H19N3O5. The van der Waals surface area contributed by atoms with E-state index in [1.807, 2.05) is 6.92 Å². The normalized spacial score (nSPS) is 25.1. The smallest absolute Gasteiger partial charge is 0.314 e. The zero-order valence-electron chi connectivity index (χ0n) is 14.3. The number of fused-ring (bicyclic) bond motifs is 2. The Hall–Kier alpha value is -2.90. The first kappa shape index (κ1) is 16.6.